The summed E-state index contributed by atoms with van der Waals surface area (Å²) >= 11 is 0. The Labute approximate surface area is 103 Å². The molecule has 0 saturated carbocycles. The van der Waals surface area contributed by atoms with E-state index in [1.807, 2.05) is 0 Å². The highest BCUT2D eigenvalue weighted by Gasteiger charge is 2.04. The number of hydrogen-bond donors (Lipinski definition) is 1. The SMILES string of the molecule is NC(=O)c1ccn(CCOc2cccc(F)c2)n1. The van der Waals surface area contributed by atoms with Crippen molar-refractivity contribution in [1.82, 2.24) is 9.78 Å². The number of carbonyl (C=O) groups excluding carboxylic acids is 1. The van der Waals surface area contributed by atoms with E-state index in [0.29, 0.717) is 18.9 Å². The predicted molar refractivity (Wildman–Crippen MR) is 62.6 cm³/mol. The molecule has 1 aromatic carbocycles. The van der Waals surface area contributed by atoms with E-state index in [4.69, 9.17) is 10.5 Å². The monoisotopic (exact) mass is 249 g/mol. The quantitative estimate of drug-likeness (QED) is 0.865. The Bertz CT molecular complexity index is 554. The van der Waals surface area contributed by atoms with Crippen LogP contribution in [0.4, 0.5) is 4.39 Å². The van der Waals surface area contributed by atoms with Gasteiger partial charge in [-0.2, -0.15) is 5.10 Å². The summed E-state index contributed by atoms with van der Waals surface area (Å²) < 4.78 is 19.7. The number of amides is 1. The van der Waals surface area contributed by atoms with Crippen LogP contribution in [-0.2, 0) is 6.54 Å². The highest BCUT2D eigenvalue weighted by molar-refractivity contribution is 5.90. The number of nitrogens with zero attached hydrogens (tertiary/aromatic N) is 2. The Kier molecular flexibility index (Phi) is 3.57. The van der Waals surface area contributed by atoms with Gasteiger partial charge in [0.2, 0.25) is 0 Å². The first-order chi connectivity index (χ1) is 8.65. The molecule has 2 N–H and O–H groups in total. The number of rotatable bonds is 5. The molecular formula is C12H12FN3O2. The molecular weight excluding hydrogens is 237 g/mol. The molecule has 0 aliphatic heterocycles. The van der Waals surface area contributed by atoms with Gasteiger partial charge in [0, 0.05) is 12.3 Å². The number of hydrogen-bond acceptors (Lipinski definition) is 3. The minimum atomic E-state index is -0.570. The second-order valence-electron chi connectivity index (χ2n) is 3.63. The summed E-state index contributed by atoms with van der Waals surface area (Å²) in [6, 6.07) is 7.42. The van der Waals surface area contributed by atoms with E-state index < -0.39 is 5.91 Å². The first-order valence-corrected chi connectivity index (χ1v) is 5.37. The third-order valence-corrected chi connectivity index (χ3v) is 2.28. The Hall–Kier alpha value is -2.37. The molecule has 1 heterocycles. The van der Waals surface area contributed by atoms with Gasteiger partial charge in [-0.15, -0.1) is 0 Å². The second-order valence-corrected chi connectivity index (χ2v) is 3.63. The van der Waals surface area contributed by atoms with Gasteiger partial charge in [0.1, 0.15) is 23.9 Å². The van der Waals surface area contributed by atoms with Gasteiger partial charge in [-0.25, -0.2) is 4.39 Å². The van der Waals surface area contributed by atoms with Crippen molar-refractivity contribution < 1.29 is 13.9 Å². The maximum absolute atomic E-state index is 12.9. The zero-order chi connectivity index (χ0) is 13.0. The molecule has 0 bridgehead atoms. The standard InChI is InChI=1S/C12H12FN3O2/c13-9-2-1-3-10(8-9)18-7-6-16-5-4-11(15-16)12(14)17/h1-5,8H,6-7H2,(H2,14,17). The van der Waals surface area contributed by atoms with Crippen molar-refractivity contribution in [2.45, 2.75) is 6.54 Å². The molecule has 0 aliphatic rings. The maximum atomic E-state index is 12.9. The van der Waals surface area contributed by atoms with Crippen LogP contribution in [0.25, 0.3) is 0 Å². The summed E-state index contributed by atoms with van der Waals surface area (Å²) in [4.78, 5) is 10.8. The van der Waals surface area contributed by atoms with Crippen molar-refractivity contribution in [3.8, 4) is 5.75 Å². The third kappa shape index (κ3) is 3.07. The number of primary amides is 1. The topological polar surface area (TPSA) is 70.1 Å². The first-order valence-electron chi connectivity index (χ1n) is 5.37. The lowest BCUT2D eigenvalue weighted by molar-refractivity contribution is 0.0994. The van der Waals surface area contributed by atoms with Gasteiger partial charge in [-0.3, -0.25) is 9.48 Å². The van der Waals surface area contributed by atoms with Crippen LogP contribution in [0.3, 0.4) is 0 Å². The van der Waals surface area contributed by atoms with Crippen LogP contribution in [0.15, 0.2) is 36.5 Å². The molecule has 1 amide bonds. The molecule has 6 heteroatoms. The number of benzene rings is 1. The van der Waals surface area contributed by atoms with E-state index in [0.717, 1.165) is 0 Å². The van der Waals surface area contributed by atoms with Gasteiger partial charge in [-0.1, -0.05) is 6.07 Å². The summed E-state index contributed by atoms with van der Waals surface area (Å²) in [5, 5.41) is 3.95. The van der Waals surface area contributed by atoms with Crippen LogP contribution >= 0.6 is 0 Å². The summed E-state index contributed by atoms with van der Waals surface area (Å²) in [7, 11) is 0. The molecule has 18 heavy (non-hydrogen) atoms. The number of aromatic nitrogens is 2. The predicted octanol–water partition coefficient (Wildman–Crippen LogP) is 1.20. The van der Waals surface area contributed by atoms with E-state index in [1.165, 1.54) is 18.2 Å². The summed E-state index contributed by atoms with van der Waals surface area (Å²) in [6.45, 7) is 0.771. The van der Waals surface area contributed by atoms with E-state index in [2.05, 4.69) is 5.10 Å². The summed E-state index contributed by atoms with van der Waals surface area (Å²) in [5.74, 6) is -0.459. The van der Waals surface area contributed by atoms with Crippen LogP contribution in [0.2, 0.25) is 0 Å². The van der Waals surface area contributed by atoms with E-state index >= 15 is 0 Å². The van der Waals surface area contributed by atoms with Crippen molar-refractivity contribution in [3.63, 3.8) is 0 Å². The average Bonchev–Trinajstić information content (AvgIpc) is 2.78. The molecule has 2 rings (SSSR count). The van der Waals surface area contributed by atoms with Gasteiger partial charge in [-0.05, 0) is 18.2 Å². The minimum absolute atomic E-state index is 0.209. The second kappa shape index (κ2) is 5.31. The number of carbonyl (C=O) groups is 1. The lowest BCUT2D eigenvalue weighted by Crippen LogP contribution is -2.14. The number of halogens is 1. The normalized spacial score (nSPS) is 10.3. The smallest absolute Gasteiger partial charge is 0.269 e. The molecule has 0 aliphatic carbocycles. The molecule has 0 unspecified atom stereocenters. The molecule has 94 valence electrons. The Balaban J connectivity index is 1.86. The van der Waals surface area contributed by atoms with Gasteiger partial charge < -0.3 is 10.5 Å². The van der Waals surface area contributed by atoms with Crippen LogP contribution in [0.1, 0.15) is 10.5 Å². The van der Waals surface area contributed by atoms with Gasteiger partial charge in [0.05, 0.1) is 6.54 Å². The largest absolute Gasteiger partial charge is 0.492 e. The summed E-state index contributed by atoms with van der Waals surface area (Å²) in [5.41, 5.74) is 5.28. The first kappa shape index (κ1) is 12.1. The fourth-order valence-corrected chi connectivity index (χ4v) is 1.43. The maximum Gasteiger partial charge on any atom is 0.269 e. The van der Waals surface area contributed by atoms with Crippen LogP contribution in [0.5, 0.6) is 5.75 Å². The fraction of sp³-hybridized carbons (Fsp3) is 0.167. The molecule has 0 radical (unpaired) electrons. The fourth-order valence-electron chi connectivity index (χ4n) is 1.43. The molecule has 0 fully saturated rings. The van der Waals surface area contributed by atoms with E-state index in [9.17, 15) is 9.18 Å². The van der Waals surface area contributed by atoms with Crippen molar-refractivity contribution in [1.29, 1.82) is 0 Å². The highest BCUT2D eigenvalue weighted by atomic mass is 19.1. The van der Waals surface area contributed by atoms with Crippen molar-refractivity contribution in [2.24, 2.45) is 5.73 Å². The molecule has 0 atom stereocenters. The lowest BCUT2D eigenvalue weighted by Gasteiger charge is -2.06. The van der Waals surface area contributed by atoms with Crippen LogP contribution < -0.4 is 10.5 Å². The average molecular weight is 249 g/mol. The van der Waals surface area contributed by atoms with Crippen molar-refractivity contribution >= 4 is 5.91 Å². The van der Waals surface area contributed by atoms with Crippen molar-refractivity contribution in [3.05, 3.63) is 48.0 Å². The zero-order valence-electron chi connectivity index (χ0n) is 9.54. The van der Waals surface area contributed by atoms with Crippen LogP contribution in [0, 0.1) is 5.82 Å². The van der Waals surface area contributed by atoms with E-state index in [-0.39, 0.29) is 11.5 Å². The van der Waals surface area contributed by atoms with Crippen LogP contribution in [-0.4, -0.2) is 22.3 Å². The van der Waals surface area contributed by atoms with Gasteiger partial charge in [0.25, 0.3) is 5.91 Å². The van der Waals surface area contributed by atoms with Gasteiger partial charge in [0.15, 0.2) is 0 Å². The van der Waals surface area contributed by atoms with E-state index in [1.54, 1.807) is 23.0 Å². The number of nitrogens with two attached hydrogens (primary N) is 1. The molecule has 1 aromatic heterocycles. The minimum Gasteiger partial charge on any atom is -0.492 e. The molecule has 5 nitrogen and oxygen atoms in total. The van der Waals surface area contributed by atoms with Gasteiger partial charge >= 0.3 is 0 Å². The Morgan fingerprint density at radius 1 is 1.44 bits per heavy atom. The number of ether oxygens (including phenoxy) is 1. The lowest BCUT2D eigenvalue weighted by atomic mass is 10.3. The van der Waals surface area contributed by atoms with Crippen molar-refractivity contribution in [2.75, 3.05) is 6.61 Å². The molecule has 0 spiro atoms. The highest BCUT2D eigenvalue weighted by Crippen LogP contribution is 2.11. The molecule has 2 aromatic rings. The third-order valence-electron chi connectivity index (χ3n) is 2.28. The zero-order valence-corrected chi connectivity index (χ0v) is 9.54. The Morgan fingerprint density at radius 3 is 2.94 bits per heavy atom. The summed E-state index contributed by atoms with van der Waals surface area (Å²) in [6.07, 6.45) is 1.63. The Morgan fingerprint density at radius 2 is 2.28 bits per heavy atom. The molecule has 0 saturated heterocycles.